The monoisotopic (exact) mass is 367 g/mol. The van der Waals surface area contributed by atoms with Gasteiger partial charge in [0.15, 0.2) is 0 Å². The SMILES string of the molecule is COc1ccc(OC)c(Nc2ccc(NC(=O)c3ccccc3F)nc2)c1. The number of hydrogen-bond donors (Lipinski definition) is 2. The van der Waals surface area contributed by atoms with Crippen molar-refractivity contribution in [3.8, 4) is 11.5 Å². The van der Waals surface area contributed by atoms with E-state index < -0.39 is 11.7 Å². The van der Waals surface area contributed by atoms with Crippen LogP contribution in [0.3, 0.4) is 0 Å². The first-order chi connectivity index (χ1) is 13.1. The molecule has 2 aromatic carbocycles. The Bertz CT molecular complexity index is 945. The molecule has 0 aliphatic heterocycles. The first-order valence-electron chi connectivity index (χ1n) is 8.11. The number of rotatable bonds is 6. The molecule has 3 aromatic rings. The number of hydrogen-bond acceptors (Lipinski definition) is 5. The second-order valence-corrected chi connectivity index (χ2v) is 5.56. The Morgan fingerprint density at radius 3 is 2.52 bits per heavy atom. The number of amides is 1. The van der Waals surface area contributed by atoms with Gasteiger partial charge in [-0.2, -0.15) is 0 Å². The number of anilines is 3. The smallest absolute Gasteiger partial charge is 0.259 e. The lowest BCUT2D eigenvalue weighted by molar-refractivity contribution is 0.102. The van der Waals surface area contributed by atoms with Crippen LogP contribution < -0.4 is 20.1 Å². The standard InChI is InChI=1S/C20H18FN3O3/c1-26-14-8-9-18(27-2)17(11-14)23-13-7-10-19(22-12-13)24-20(25)15-5-3-4-6-16(15)21/h3-12,23H,1-2H3,(H,22,24,25). The van der Waals surface area contributed by atoms with Gasteiger partial charge in [0, 0.05) is 6.07 Å². The van der Waals surface area contributed by atoms with Crippen molar-refractivity contribution in [3.05, 3.63) is 72.2 Å². The fourth-order valence-electron chi connectivity index (χ4n) is 2.44. The molecule has 0 spiro atoms. The molecule has 0 fully saturated rings. The van der Waals surface area contributed by atoms with Gasteiger partial charge in [-0.05, 0) is 36.4 Å². The molecule has 27 heavy (non-hydrogen) atoms. The molecule has 138 valence electrons. The van der Waals surface area contributed by atoms with Crippen LogP contribution in [-0.4, -0.2) is 25.1 Å². The van der Waals surface area contributed by atoms with Crippen LogP contribution in [0.1, 0.15) is 10.4 Å². The summed E-state index contributed by atoms with van der Waals surface area (Å²) in [7, 11) is 3.16. The number of aromatic nitrogens is 1. The number of carbonyl (C=O) groups excluding carboxylic acids is 1. The summed E-state index contributed by atoms with van der Waals surface area (Å²) in [6.45, 7) is 0. The summed E-state index contributed by atoms with van der Waals surface area (Å²) >= 11 is 0. The number of nitrogens with one attached hydrogen (secondary N) is 2. The van der Waals surface area contributed by atoms with Gasteiger partial charge in [0.25, 0.3) is 5.91 Å². The Hall–Kier alpha value is -3.61. The number of pyridine rings is 1. The average molecular weight is 367 g/mol. The van der Waals surface area contributed by atoms with E-state index >= 15 is 0 Å². The molecule has 1 aromatic heterocycles. The van der Waals surface area contributed by atoms with Crippen LogP contribution in [0, 0.1) is 5.82 Å². The molecule has 0 saturated heterocycles. The van der Waals surface area contributed by atoms with E-state index in [0.717, 1.165) is 0 Å². The predicted octanol–water partition coefficient (Wildman–Crippen LogP) is 4.23. The van der Waals surface area contributed by atoms with Crippen molar-refractivity contribution in [3.63, 3.8) is 0 Å². The van der Waals surface area contributed by atoms with Crippen LogP contribution in [0.15, 0.2) is 60.8 Å². The van der Waals surface area contributed by atoms with E-state index in [4.69, 9.17) is 9.47 Å². The van der Waals surface area contributed by atoms with Gasteiger partial charge in [-0.15, -0.1) is 0 Å². The van der Waals surface area contributed by atoms with E-state index in [9.17, 15) is 9.18 Å². The first kappa shape index (κ1) is 18.2. The van der Waals surface area contributed by atoms with Gasteiger partial charge in [-0.3, -0.25) is 4.79 Å². The Morgan fingerprint density at radius 1 is 1.04 bits per heavy atom. The van der Waals surface area contributed by atoms with E-state index in [0.29, 0.717) is 28.7 Å². The zero-order valence-electron chi connectivity index (χ0n) is 14.8. The van der Waals surface area contributed by atoms with Crippen LogP contribution in [0.5, 0.6) is 11.5 Å². The molecule has 0 atom stereocenters. The molecular weight excluding hydrogens is 349 g/mol. The maximum Gasteiger partial charge on any atom is 0.259 e. The van der Waals surface area contributed by atoms with E-state index in [1.54, 1.807) is 56.8 Å². The summed E-state index contributed by atoms with van der Waals surface area (Å²) < 4.78 is 24.2. The number of halogens is 1. The molecule has 0 bridgehead atoms. The van der Waals surface area contributed by atoms with Crippen LogP contribution in [0.2, 0.25) is 0 Å². The summed E-state index contributed by atoms with van der Waals surface area (Å²) in [4.78, 5) is 16.3. The summed E-state index contributed by atoms with van der Waals surface area (Å²) in [5.74, 6) is 0.494. The topological polar surface area (TPSA) is 72.5 Å². The van der Waals surface area contributed by atoms with E-state index in [-0.39, 0.29) is 5.56 Å². The zero-order chi connectivity index (χ0) is 19.2. The lowest BCUT2D eigenvalue weighted by atomic mass is 10.2. The zero-order valence-corrected chi connectivity index (χ0v) is 14.8. The van der Waals surface area contributed by atoms with Crippen LogP contribution in [0.4, 0.5) is 21.6 Å². The Balaban J connectivity index is 1.73. The lowest BCUT2D eigenvalue weighted by Crippen LogP contribution is -2.14. The molecule has 0 aliphatic carbocycles. The highest BCUT2D eigenvalue weighted by atomic mass is 19.1. The summed E-state index contributed by atoms with van der Waals surface area (Å²) in [6, 6.07) is 14.5. The third-order valence-electron chi connectivity index (χ3n) is 3.81. The van der Waals surface area contributed by atoms with Crippen LogP contribution >= 0.6 is 0 Å². The highest BCUT2D eigenvalue weighted by Crippen LogP contribution is 2.31. The second-order valence-electron chi connectivity index (χ2n) is 5.56. The van der Waals surface area contributed by atoms with E-state index in [2.05, 4.69) is 15.6 Å². The maximum atomic E-state index is 13.7. The fourth-order valence-corrected chi connectivity index (χ4v) is 2.44. The van der Waals surface area contributed by atoms with Gasteiger partial charge in [-0.25, -0.2) is 9.37 Å². The molecule has 0 aliphatic rings. The van der Waals surface area contributed by atoms with Crippen LogP contribution in [-0.2, 0) is 0 Å². The Morgan fingerprint density at radius 2 is 1.85 bits per heavy atom. The molecule has 0 unspecified atom stereocenters. The van der Waals surface area contributed by atoms with Gasteiger partial charge < -0.3 is 20.1 Å². The molecule has 3 rings (SSSR count). The minimum Gasteiger partial charge on any atom is -0.497 e. The average Bonchev–Trinajstić information content (AvgIpc) is 2.69. The maximum absolute atomic E-state index is 13.7. The molecule has 7 heteroatoms. The molecule has 6 nitrogen and oxygen atoms in total. The normalized spacial score (nSPS) is 10.2. The van der Waals surface area contributed by atoms with Crippen LogP contribution in [0.25, 0.3) is 0 Å². The quantitative estimate of drug-likeness (QED) is 0.682. The molecule has 1 heterocycles. The lowest BCUT2D eigenvalue weighted by Gasteiger charge is -2.13. The number of methoxy groups -OCH3 is 2. The van der Waals surface area contributed by atoms with Gasteiger partial charge in [0.1, 0.15) is 23.1 Å². The van der Waals surface area contributed by atoms with Crippen molar-refractivity contribution in [1.29, 1.82) is 0 Å². The molecular formula is C20H18FN3O3. The Kier molecular flexibility index (Phi) is 5.51. The molecule has 0 saturated carbocycles. The van der Waals surface area contributed by atoms with Crippen molar-refractivity contribution in [2.75, 3.05) is 24.9 Å². The minimum atomic E-state index is -0.585. The summed E-state index contributed by atoms with van der Waals surface area (Å²) in [5.41, 5.74) is 1.36. The van der Waals surface area contributed by atoms with E-state index in [1.807, 2.05) is 0 Å². The largest absolute Gasteiger partial charge is 0.497 e. The van der Waals surface area contributed by atoms with Crippen molar-refractivity contribution in [1.82, 2.24) is 4.98 Å². The second kappa shape index (κ2) is 8.18. The predicted molar refractivity (Wildman–Crippen MR) is 101 cm³/mol. The van der Waals surface area contributed by atoms with Gasteiger partial charge in [-0.1, -0.05) is 12.1 Å². The van der Waals surface area contributed by atoms with Gasteiger partial charge in [0.05, 0.1) is 37.4 Å². The minimum absolute atomic E-state index is 0.0392. The van der Waals surface area contributed by atoms with Crippen molar-refractivity contribution in [2.24, 2.45) is 0 Å². The van der Waals surface area contributed by atoms with Crippen molar-refractivity contribution >= 4 is 23.1 Å². The number of nitrogens with zero attached hydrogens (tertiary/aromatic N) is 1. The molecule has 1 amide bonds. The van der Waals surface area contributed by atoms with Gasteiger partial charge >= 0.3 is 0 Å². The van der Waals surface area contributed by atoms with Crippen molar-refractivity contribution in [2.45, 2.75) is 0 Å². The van der Waals surface area contributed by atoms with Gasteiger partial charge in [0.2, 0.25) is 0 Å². The summed E-state index contributed by atoms with van der Waals surface area (Å²) in [6.07, 6.45) is 1.55. The first-order valence-corrected chi connectivity index (χ1v) is 8.11. The third-order valence-corrected chi connectivity index (χ3v) is 3.81. The highest BCUT2D eigenvalue weighted by Gasteiger charge is 2.12. The number of benzene rings is 2. The van der Waals surface area contributed by atoms with Crippen molar-refractivity contribution < 1.29 is 18.7 Å². The number of carbonyl (C=O) groups is 1. The molecule has 2 N–H and O–H groups in total. The highest BCUT2D eigenvalue weighted by molar-refractivity contribution is 6.03. The summed E-state index contributed by atoms with van der Waals surface area (Å²) in [5, 5.41) is 5.75. The number of ether oxygens (including phenoxy) is 2. The molecule has 0 radical (unpaired) electrons. The Labute approximate surface area is 156 Å². The fraction of sp³-hybridized carbons (Fsp3) is 0.100. The third kappa shape index (κ3) is 4.33. The van der Waals surface area contributed by atoms with E-state index in [1.165, 1.54) is 18.2 Å².